The molecule has 1 N–H and O–H groups in total. The van der Waals surface area contributed by atoms with E-state index in [4.69, 9.17) is 0 Å². The summed E-state index contributed by atoms with van der Waals surface area (Å²) in [6.45, 7) is 3.56. The van der Waals surface area contributed by atoms with Crippen LogP contribution in [0.5, 0.6) is 0 Å². The Hall–Kier alpha value is -1.58. The van der Waals surface area contributed by atoms with Gasteiger partial charge in [-0.05, 0) is 37.3 Å². The van der Waals surface area contributed by atoms with Gasteiger partial charge in [0.2, 0.25) is 0 Å². The molecule has 5 heterocycles. The van der Waals surface area contributed by atoms with E-state index in [1.54, 1.807) is 5.57 Å². The van der Waals surface area contributed by atoms with Gasteiger partial charge >= 0.3 is 0 Å². The molecule has 4 aliphatic rings. The van der Waals surface area contributed by atoms with Crippen LogP contribution in [0.25, 0.3) is 10.9 Å². The Morgan fingerprint density at radius 2 is 2.13 bits per heavy atom. The molecule has 1 unspecified atom stereocenters. The summed E-state index contributed by atoms with van der Waals surface area (Å²) in [5.74, 6) is 0.967. The summed E-state index contributed by atoms with van der Waals surface area (Å²) in [5.41, 5.74) is 5.96. The maximum Gasteiger partial charge on any atom is 0.0515 e. The summed E-state index contributed by atoms with van der Waals surface area (Å²) in [7, 11) is 2.23. The zero-order valence-electron chi connectivity index (χ0n) is 13.9. The van der Waals surface area contributed by atoms with Gasteiger partial charge in [-0.2, -0.15) is 0 Å². The van der Waals surface area contributed by atoms with Crippen molar-refractivity contribution in [2.45, 2.75) is 31.8 Å². The van der Waals surface area contributed by atoms with E-state index in [0.717, 1.165) is 13.0 Å². The summed E-state index contributed by atoms with van der Waals surface area (Å²) >= 11 is 0. The molecule has 1 aromatic carbocycles. The molecule has 3 saturated heterocycles. The van der Waals surface area contributed by atoms with E-state index in [0.29, 0.717) is 30.5 Å². The van der Waals surface area contributed by atoms with Crippen molar-refractivity contribution in [3.63, 3.8) is 0 Å². The number of para-hydroxylation sites is 1. The Kier molecular flexibility index (Phi) is 2.83. The van der Waals surface area contributed by atoms with Crippen molar-refractivity contribution in [1.82, 2.24) is 9.47 Å². The van der Waals surface area contributed by atoms with Crippen molar-refractivity contribution in [2.75, 3.05) is 13.2 Å². The summed E-state index contributed by atoms with van der Waals surface area (Å²) < 4.78 is 2.43. The van der Waals surface area contributed by atoms with Gasteiger partial charge in [-0.25, -0.2) is 0 Å². The molecule has 3 heteroatoms. The lowest BCUT2D eigenvalue weighted by Crippen LogP contribution is -2.61. The Labute approximate surface area is 137 Å². The monoisotopic (exact) mass is 308 g/mol. The number of nitrogens with zero attached hydrogens (tertiary/aromatic N) is 2. The van der Waals surface area contributed by atoms with Crippen LogP contribution in [0.2, 0.25) is 0 Å². The third kappa shape index (κ3) is 1.62. The van der Waals surface area contributed by atoms with Crippen LogP contribution in [-0.2, 0) is 13.5 Å². The lowest BCUT2D eigenvalue weighted by molar-refractivity contribution is -0.0513. The molecule has 1 aromatic heterocycles. The van der Waals surface area contributed by atoms with Gasteiger partial charge < -0.3 is 9.67 Å². The number of aliphatic hydroxyl groups excluding tert-OH is 1. The summed E-state index contributed by atoms with van der Waals surface area (Å²) in [6.07, 6.45) is 4.54. The minimum atomic E-state index is 0.315. The highest BCUT2D eigenvalue weighted by Gasteiger charge is 2.52. The summed E-state index contributed by atoms with van der Waals surface area (Å²) in [4.78, 5) is 2.68. The molecule has 6 rings (SSSR count). The van der Waals surface area contributed by atoms with Crippen LogP contribution in [0.1, 0.15) is 30.6 Å². The first-order chi connectivity index (χ1) is 11.2. The molecule has 120 valence electrons. The Morgan fingerprint density at radius 1 is 1.30 bits per heavy atom. The van der Waals surface area contributed by atoms with Crippen LogP contribution < -0.4 is 0 Å². The normalized spacial score (nSPS) is 36.7. The van der Waals surface area contributed by atoms with Crippen molar-refractivity contribution in [1.29, 1.82) is 0 Å². The second kappa shape index (κ2) is 4.71. The van der Waals surface area contributed by atoms with E-state index >= 15 is 0 Å². The minimum Gasteiger partial charge on any atom is -0.396 e. The zero-order valence-corrected chi connectivity index (χ0v) is 13.9. The molecule has 0 spiro atoms. The molecule has 5 atom stereocenters. The molecule has 4 bridgehead atoms. The highest BCUT2D eigenvalue weighted by Crippen LogP contribution is 2.54. The minimum absolute atomic E-state index is 0.315. The quantitative estimate of drug-likeness (QED) is 0.820. The van der Waals surface area contributed by atoms with Crippen LogP contribution in [-0.4, -0.2) is 33.8 Å². The van der Waals surface area contributed by atoms with E-state index < -0.39 is 0 Å². The molecule has 0 radical (unpaired) electrons. The number of rotatable bonds is 1. The van der Waals surface area contributed by atoms with E-state index in [9.17, 15) is 5.11 Å². The second-order valence-electron chi connectivity index (χ2n) is 7.45. The molecule has 3 fully saturated rings. The van der Waals surface area contributed by atoms with Gasteiger partial charge in [-0.15, -0.1) is 0 Å². The topological polar surface area (TPSA) is 28.4 Å². The largest absolute Gasteiger partial charge is 0.396 e. The van der Waals surface area contributed by atoms with Gasteiger partial charge in [-0.3, -0.25) is 4.90 Å². The SMILES string of the molecule is CC=C1CN2[C@H]3C[C@@H]1[C@@H](CO)[C@@H]2Cc1c3n(C)c2ccccc12. The smallest absolute Gasteiger partial charge is 0.0515 e. The molecule has 2 aromatic rings. The number of piperidine rings is 3. The predicted molar refractivity (Wildman–Crippen MR) is 92.3 cm³/mol. The van der Waals surface area contributed by atoms with Crippen LogP contribution >= 0.6 is 0 Å². The van der Waals surface area contributed by atoms with Gasteiger partial charge in [0.25, 0.3) is 0 Å². The Bertz CT molecular complexity index is 818. The van der Waals surface area contributed by atoms with Crippen molar-refractivity contribution in [2.24, 2.45) is 18.9 Å². The van der Waals surface area contributed by atoms with Gasteiger partial charge in [-0.1, -0.05) is 29.8 Å². The fourth-order valence-corrected chi connectivity index (χ4v) is 5.71. The lowest BCUT2D eigenvalue weighted by atomic mass is 9.64. The Morgan fingerprint density at radius 3 is 2.91 bits per heavy atom. The van der Waals surface area contributed by atoms with Gasteiger partial charge in [0.05, 0.1) is 6.04 Å². The number of aliphatic hydroxyl groups is 1. The lowest BCUT2D eigenvalue weighted by Gasteiger charge is -2.58. The molecule has 23 heavy (non-hydrogen) atoms. The fraction of sp³-hybridized carbons (Fsp3) is 0.500. The van der Waals surface area contributed by atoms with Crippen molar-refractivity contribution < 1.29 is 5.11 Å². The van der Waals surface area contributed by atoms with Gasteiger partial charge in [0.15, 0.2) is 0 Å². The van der Waals surface area contributed by atoms with Crippen molar-refractivity contribution in [3.05, 3.63) is 47.2 Å². The predicted octanol–water partition coefficient (Wildman–Crippen LogP) is 3.03. The van der Waals surface area contributed by atoms with E-state index in [-0.39, 0.29) is 0 Å². The maximum atomic E-state index is 10.0. The van der Waals surface area contributed by atoms with Gasteiger partial charge in [0, 0.05) is 48.8 Å². The van der Waals surface area contributed by atoms with Gasteiger partial charge in [0.1, 0.15) is 0 Å². The van der Waals surface area contributed by atoms with Crippen LogP contribution in [0.3, 0.4) is 0 Å². The maximum absolute atomic E-state index is 10.0. The fourth-order valence-electron chi connectivity index (χ4n) is 5.71. The van der Waals surface area contributed by atoms with Crippen LogP contribution in [0.4, 0.5) is 0 Å². The number of aromatic nitrogens is 1. The summed E-state index contributed by atoms with van der Waals surface area (Å²) in [5, 5.41) is 11.5. The highest BCUT2D eigenvalue weighted by atomic mass is 16.3. The third-order valence-electron chi connectivity index (χ3n) is 6.73. The number of aryl methyl sites for hydroxylation is 1. The van der Waals surface area contributed by atoms with Crippen molar-refractivity contribution >= 4 is 10.9 Å². The van der Waals surface area contributed by atoms with Crippen LogP contribution in [0.15, 0.2) is 35.9 Å². The average molecular weight is 308 g/mol. The molecule has 0 amide bonds. The molecule has 0 saturated carbocycles. The Balaban J connectivity index is 1.72. The first-order valence-corrected chi connectivity index (χ1v) is 8.82. The molecular formula is C20H24N2O. The standard InChI is InChI=1S/C20H24N2O/c1-3-12-10-22-18-9-15-13-6-4-5-7-17(13)21(2)20(15)19(22)8-14(12)16(18)11-23/h3-7,14,16,18-19,23H,8-11H2,1-2H3/t14-,16+,18-,19-/m0/s1. The van der Waals surface area contributed by atoms with Crippen LogP contribution in [0, 0.1) is 11.8 Å². The number of allylic oxidation sites excluding steroid dienone is 1. The van der Waals surface area contributed by atoms with E-state index in [2.05, 4.69) is 53.8 Å². The number of fused-ring (bicyclic) bond motifs is 4. The first kappa shape index (κ1) is 13.8. The number of hydrogen-bond donors (Lipinski definition) is 1. The molecule has 0 aliphatic carbocycles. The number of hydrogen-bond acceptors (Lipinski definition) is 2. The molecule has 3 nitrogen and oxygen atoms in total. The average Bonchev–Trinajstić information content (AvgIpc) is 2.87. The highest BCUT2D eigenvalue weighted by molar-refractivity contribution is 5.86. The third-order valence-corrected chi connectivity index (χ3v) is 6.73. The second-order valence-corrected chi connectivity index (χ2v) is 7.45. The van der Waals surface area contributed by atoms with Crippen molar-refractivity contribution in [3.8, 4) is 0 Å². The van der Waals surface area contributed by atoms with E-state index in [1.165, 1.54) is 28.6 Å². The zero-order chi connectivity index (χ0) is 15.7. The number of benzene rings is 1. The molecular weight excluding hydrogens is 284 g/mol. The molecule has 4 aliphatic heterocycles. The van der Waals surface area contributed by atoms with E-state index in [1.807, 2.05) is 0 Å². The first-order valence-electron chi connectivity index (χ1n) is 8.82. The summed E-state index contributed by atoms with van der Waals surface area (Å²) in [6, 6.07) is 9.84.